The van der Waals surface area contributed by atoms with Crippen LogP contribution in [-0.4, -0.2) is 51.8 Å². The molecule has 0 unspecified atom stereocenters. The molecule has 6 nitrogen and oxygen atoms in total. The summed E-state index contributed by atoms with van der Waals surface area (Å²) < 4.78 is 40.9. The molecule has 3 heterocycles. The monoisotopic (exact) mass is 483 g/mol. The van der Waals surface area contributed by atoms with Gasteiger partial charge in [0, 0.05) is 31.9 Å². The van der Waals surface area contributed by atoms with Crippen molar-refractivity contribution < 1.29 is 18.0 Å². The van der Waals surface area contributed by atoms with Gasteiger partial charge in [-0.3, -0.25) is 4.79 Å². The Balaban J connectivity index is 1.34. The van der Waals surface area contributed by atoms with Crippen LogP contribution >= 0.6 is 11.3 Å². The fourth-order valence-corrected chi connectivity index (χ4v) is 4.60. The number of nitrogens with zero attached hydrogens (tertiary/aromatic N) is 5. The quantitative estimate of drug-likeness (QED) is 0.411. The molecule has 34 heavy (non-hydrogen) atoms. The van der Waals surface area contributed by atoms with Gasteiger partial charge in [-0.25, -0.2) is 9.67 Å². The molecule has 0 aliphatic carbocycles. The molecule has 1 fully saturated rings. The topological polar surface area (TPSA) is 54.3 Å². The van der Waals surface area contributed by atoms with Crippen molar-refractivity contribution in [1.29, 1.82) is 0 Å². The van der Waals surface area contributed by atoms with Gasteiger partial charge in [-0.2, -0.15) is 13.2 Å². The normalized spacial score (nSPS) is 14.4. The molecule has 10 heteroatoms. The Morgan fingerprint density at radius 3 is 2.29 bits per heavy atom. The molecule has 1 amide bonds. The van der Waals surface area contributed by atoms with Crippen LogP contribution in [0.15, 0.2) is 72.1 Å². The van der Waals surface area contributed by atoms with Crippen LogP contribution in [0, 0.1) is 0 Å². The van der Waals surface area contributed by atoms with Gasteiger partial charge in [0.25, 0.3) is 5.91 Å². The van der Waals surface area contributed by atoms with Crippen molar-refractivity contribution in [2.45, 2.75) is 6.18 Å². The van der Waals surface area contributed by atoms with Crippen molar-refractivity contribution in [3.63, 3.8) is 0 Å². The highest BCUT2D eigenvalue weighted by atomic mass is 32.1. The van der Waals surface area contributed by atoms with Crippen LogP contribution in [0.4, 0.5) is 18.9 Å². The lowest BCUT2D eigenvalue weighted by molar-refractivity contribution is -0.137. The number of rotatable bonds is 4. The van der Waals surface area contributed by atoms with Crippen LogP contribution in [0.25, 0.3) is 16.4 Å². The number of benzene rings is 2. The van der Waals surface area contributed by atoms with Gasteiger partial charge in [-0.15, -0.1) is 16.4 Å². The van der Waals surface area contributed by atoms with E-state index in [2.05, 4.69) is 10.1 Å². The summed E-state index contributed by atoms with van der Waals surface area (Å²) >= 11 is 1.51. The Kier molecular flexibility index (Phi) is 5.82. The van der Waals surface area contributed by atoms with Gasteiger partial charge in [0.05, 0.1) is 16.1 Å². The van der Waals surface area contributed by atoms with E-state index < -0.39 is 11.7 Å². The first-order valence-electron chi connectivity index (χ1n) is 10.7. The summed E-state index contributed by atoms with van der Waals surface area (Å²) in [5.41, 5.74) is 0.612. The number of amides is 1. The van der Waals surface area contributed by atoms with Gasteiger partial charge in [-0.05, 0) is 41.8 Å². The Hall–Kier alpha value is -3.66. The van der Waals surface area contributed by atoms with Crippen LogP contribution in [0.2, 0.25) is 0 Å². The molecule has 174 valence electrons. The zero-order valence-electron chi connectivity index (χ0n) is 17.9. The van der Waals surface area contributed by atoms with E-state index in [1.54, 1.807) is 15.6 Å². The van der Waals surface area contributed by atoms with Gasteiger partial charge in [-0.1, -0.05) is 30.3 Å². The number of alkyl halides is 3. The molecule has 1 saturated heterocycles. The van der Waals surface area contributed by atoms with E-state index in [0.29, 0.717) is 37.7 Å². The standard InChI is InChI=1S/C24H20F3N5OS/c25-24(26,27)17-6-4-9-19(16-17)30-11-13-31(14-12-30)23(33)21-28-22(20-10-5-15-34-20)32(29-21)18-7-2-1-3-8-18/h1-10,15-16H,11-14H2. The maximum Gasteiger partial charge on any atom is 0.416 e. The van der Waals surface area contributed by atoms with Crippen molar-refractivity contribution in [2.75, 3.05) is 31.1 Å². The molecule has 2 aromatic heterocycles. The molecular formula is C24H20F3N5OS. The summed E-state index contributed by atoms with van der Waals surface area (Å²) in [7, 11) is 0. The summed E-state index contributed by atoms with van der Waals surface area (Å²) in [5, 5.41) is 6.45. The average molecular weight is 484 g/mol. The molecule has 0 atom stereocenters. The molecule has 4 aromatic rings. The third kappa shape index (κ3) is 4.41. The summed E-state index contributed by atoms with van der Waals surface area (Å²) in [6.45, 7) is 1.57. The van der Waals surface area contributed by atoms with Gasteiger partial charge >= 0.3 is 6.18 Å². The first-order chi connectivity index (χ1) is 16.4. The Morgan fingerprint density at radius 1 is 0.882 bits per heavy atom. The Morgan fingerprint density at radius 2 is 1.62 bits per heavy atom. The van der Waals surface area contributed by atoms with Crippen molar-refractivity contribution in [3.8, 4) is 16.4 Å². The lowest BCUT2D eigenvalue weighted by Crippen LogP contribution is -2.49. The molecule has 2 aromatic carbocycles. The van der Waals surface area contributed by atoms with E-state index >= 15 is 0 Å². The van der Waals surface area contributed by atoms with Gasteiger partial charge < -0.3 is 9.80 Å². The second-order valence-electron chi connectivity index (χ2n) is 7.81. The number of hydrogen-bond donors (Lipinski definition) is 0. The summed E-state index contributed by atoms with van der Waals surface area (Å²) in [6.07, 6.45) is -4.39. The fraction of sp³-hybridized carbons (Fsp3) is 0.208. The van der Waals surface area contributed by atoms with Crippen LogP contribution in [0.1, 0.15) is 16.2 Å². The Labute approximate surface area is 197 Å². The third-order valence-electron chi connectivity index (χ3n) is 5.65. The summed E-state index contributed by atoms with van der Waals surface area (Å²) in [5.74, 6) is 0.392. The lowest BCUT2D eigenvalue weighted by atomic mass is 10.1. The molecule has 0 radical (unpaired) electrons. The smallest absolute Gasteiger partial charge is 0.368 e. The van der Waals surface area contributed by atoms with E-state index in [9.17, 15) is 18.0 Å². The molecule has 1 aliphatic heterocycles. The summed E-state index contributed by atoms with van der Waals surface area (Å²) in [4.78, 5) is 22.2. The maximum atomic E-state index is 13.2. The summed E-state index contributed by atoms with van der Waals surface area (Å²) in [6, 6.07) is 18.6. The number of hydrogen-bond acceptors (Lipinski definition) is 5. The molecular weight excluding hydrogens is 463 g/mol. The number of carbonyl (C=O) groups excluding carboxylic acids is 1. The number of thiophene rings is 1. The van der Waals surface area contributed by atoms with Crippen LogP contribution < -0.4 is 4.90 Å². The van der Waals surface area contributed by atoms with Gasteiger partial charge in [0.1, 0.15) is 0 Å². The minimum atomic E-state index is -4.39. The first kappa shape index (κ1) is 22.1. The highest BCUT2D eigenvalue weighted by Crippen LogP contribution is 2.32. The predicted molar refractivity (Wildman–Crippen MR) is 124 cm³/mol. The van der Waals surface area contributed by atoms with Crippen molar-refractivity contribution >= 4 is 22.9 Å². The van der Waals surface area contributed by atoms with Crippen LogP contribution in [-0.2, 0) is 6.18 Å². The molecule has 5 rings (SSSR count). The third-order valence-corrected chi connectivity index (χ3v) is 6.51. The molecule has 1 aliphatic rings. The molecule has 0 bridgehead atoms. The fourth-order valence-electron chi connectivity index (χ4n) is 3.91. The van der Waals surface area contributed by atoms with E-state index in [-0.39, 0.29) is 11.7 Å². The molecule has 0 saturated carbocycles. The highest BCUT2D eigenvalue weighted by Gasteiger charge is 2.32. The second-order valence-corrected chi connectivity index (χ2v) is 8.76. The SMILES string of the molecule is O=C(c1nc(-c2cccs2)n(-c2ccccc2)n1)N1CCN(c2cccc(C(F)(F)F)c2)CC1. The zero-order chi connectivity index (χ0) is 23.7. The number of aromatic nitrogens is 3. The second kappa shape index (κ2) is 8.94. The van der Waals surface area contributed by atoms with Crippen LogP contribution in [0.3, 0.4) is 0 Å². The maximum absolute atomic E-state index is 13.2. The van der Waals surface area contributed by atoms with E-state index in [0.717, 1.165) is 22.7 Å². The van der Waals surface area contributed by atoms with Gasteiger partial charge in [0.2, 0.25) is 5.82 Å². The first-order valence-corrected chi connectivity index (χ1v) is 11.6. The van der Waals surface area contributed by atoms with Crippen LogP contribution in [0.5, 0.6) is 0 Å². The zero-order valence-corrected chi connectivity index (χ0v) is 18.8. The number of carbonyl (C=O) groups is 1. The highest BCUT2D eigenvalue weighted by molar-refractivity contribution is 7.13. The van der Waals surface area contributed by atoms with E-state index in [1.165, 1.54) is 17.4 Å². The lowest BCUT2D eigenvalue weighted by Gasteiger charge is -2.35. The number of para-hydroxylation sites is 1. The van der Waals surface area contributed by atoms with E-state index in [4.69, 9.17) is 0 Å². The predicted octanol–water partition coefficient (Wildman–Crippen LogP) is 4.98. The van der Waals surface area contributed by atoms with E-state index in [1.807, 2.05) is 52.7 Å². The molecule has 0 N–H and O–H groups in total. The number of anilines is 1. The number of piperazine rings is 1. The minimum Gasteiger partial charge on any atom is -0.368 e. The van der Waals surface area contributed by atoms with Crippen molar-refractivity contribution in [3.05, 3.63) is 83.5 Å². The Bertz CT molecular complexity index is 1280. The van der Waals surface area contributed by atoms with Crippen molar-refractivity contribution in [2.24, 2.45) is 0 Å². The molecule has 0 spiro atoms. The minimum absolute atomic E-state index is 0.0970. The van der Waals surface area contributed by atoms with Gasteiger partial charge in [0.15, 0.2) is 5.82 Å². The average Bonchev–Trinajstić information content (AvgIpc) is 3.54. The largest absolute Gasteiger partial charge is 0.416 e. The van der Waals surface area contributed by atoms with Crippen molar-refractivity contribution in [1.82, 2.24) is 19.7 Å². The number of halogens is 3.